The molecule has 1 aromatic carbocycles. The van der Waals surface area contributed by atoms with E-state index in [9.17, 15) is 0 Å². The second-order valence-corrected chi connectivity index (χ2v) is 6.61. The van der Waals surface area contributed by atoms with Gasteiger partial charge in [-0.1, -0.05) is 23.7 Å². The van der Waals surface area contributed by atoms with Crippen molar-refractivity contribution in [1.82, 2.24) is 9.88 Å². The highest BCUT2D eigenvalue weighted by atomic mass is 35.5. The zero-order valence-electron chi connectivity index (χ0n) is 13.7. The van der Waals surface area contributed by atoms with Crippen molar-refractivity contribution in [2.24, 2.45) is 5.92 Å². The minimum atomic E-state index is 0.605. The van der Waals surface area contributed by atoms with Crippen molar-refractivity contribution < 1.29 is 9.15 Å². The number of aryl methyl sites for hydroxylation is 1. The van der Waals surface area contributed by atoms with Crippen LogP contribution in [0.15, 0.2) is 28.7 Å². The summed E-state index contributed by atoms with van der Waals surface area (Å²) >= 11 is 6.24. The molecule has 0 amide bonds. The van der Waals surface area contributed by atoms with Crippen LogP contribution in [-0.2, 0) is 11.3 Å². The van der Waals surface area contributed by atoms with Crippen LogP contribution in [-0.4, -0.2) is 36.7 Å². The molecule has 1 saturated heterocycles. The van der Waals surface area contributed by atoms with Gasteiger partial charge >= 0.3 is 0 Å². The Balaban J connectivity index is 1.73. The lowest BCUT2D eigenvalue weighted by atomic mass is 9.99. The van der Waals surface area contributed by atoms with Crippen molar-refractivity contribution in [2.75, 3.05) is 26.8 Å². The third kappa shape index (κ3) is 3.94. The summed E-state index contributed by atoms with van der Waals surface area (Å²) in [6, 6.07) is 7.65. The van der Waals surface area contributed by atoms with E-state index in [4.69, 9.17) is 20.8 Å². The van der Waals surface area contributed by atoms with Gasteiger partial charge in [0.05, 0.1) is 22.9 Å². The number of likely N-dealkylation sites (tertiary alicyclic amines) is 1. The van der Waals surface area contributed by atoms with E-state index in [1.165, 1.54) is 12.8 Å². The van der Waals surface area contributed by atoms with Gasteiger partial charge in [0, 0.05) is 20.2 Å². The molecule has 4 nitrogen and oxygen atoms in total. The van der Waals surface area contributed by atoms with Crippen molar-refractivity contribution in [2.45, 2.75) is 26.3 Å². The summed E-state index contributed by atoms with van der Waals surface area (Å²) in [4.78, 5) is 7.12. The van der Waals surface area contributed by atoms with Crippen molar-refractivity contribution in [3.8, 4) is 11.5 Å². The number of methoxy groups -OCH3 is 1. The lowest BCUT2D eigenvalue weighted by molar-refractivity contribution is 0.0866. The van der Waals surface area contributed by atoms with Gasteiger partial charge in [0.1, 0.15) is 5.76 Å². The molecule has 2 aromatic rings. The number of piperidine rings is 1. The number of ether oxygens (including phenoxy) is 1. The molecule has 1 unspecified atom stereocenters. The van der Waals surface area contributed by atoms with Gasteiger partial charge in [0.2, 0.25) is 5.89 Å². The maximum atomic E-state index is 6.24. The van der Waals surface area contributed by atoms with E-state index in [0.717, 1.165) is 43.3 Å². The summed E-state index contributed by atoms with van der Waals surface area (Å²) in [7, 11) is 1.77. The van der Waals surface area contributed by atoms with Gasteiger partial charge in [-0.15, -0.1) is 0 Å². The molecule has 0 N–H and O–H groups in total. The lowest BCUT2D eigenvalue weighted by Gasteiger charge is -2.31. The highest BCUT2D eigenvalue weighted by molar-refractivity contribution is 6.33. The van der Waals surface area contributed by atoms with Crippen LogP contribution in [0.25, 0.3) is 11.5 Å². The fourth-order valence-electron chi connectivity index (χ4n) is 3.20. The molecule has 1 aromatic heterocycles. The van der Waals surface area contributed by atoms with E-state index in [1.807, 2.05) is 31.2 Å². The van der Waals surface area contributed by atoms with Crippen LogP contribution in [0.3, 0.4) is 0 Å². The molecule has 124 valence electrons. The molecular weight excluding hydrogens is 312 g/mol. The summed E-state index contributed by atoms with van der Waals surface area (Å²) in [6.07, 6.45) is 2.45. The molecule has 3 rings (SSSR count). The van der Waals surface area contributed by atoms with Gasteiger partial charge in [0.15, 0.2) is 0 Å². The molecule has 1 aliphatic heterocycles. The molecule has 0 aliphatic carbocycles. The highest BCUT2D eigenvalue weighted by Crippen LogP contribution is 2.29. The first-order valence-corrected chi connectivity index (χ1v) is 8.47. The van der Waals surface area contributed by atoms with Crippen molar-refractivity contribution in [1.29, 1.82) is 0 Å². The van der Waals surface area contributed by atoms with Gasteiger partial charge in [-0.05, 0) is 44.4 Å². The van der Waals surface area contributed by atoms with Crippen LogP contribution in [0.4, 0.5) is 0 Å². The Morgan fingerprint density at radius 1 is 1.39 bits per heavy atom. The quantitative estimate of drug-likeness (QED) is 0.823. The number of benzene rings is 1. The molecule has 1 fully saturated rings. The molecule has 1 atom stereocenters. The summed E-state index contributed by atoms with van der Waals surface area (Å²) < 4.78 is 11.2. The summed E-state index contributed by atoms with van der Waals surface area (Å²) in [5.41, 5.74) is 1.84. The first-order chi connectivity index (χ1) is 11.2. The van der Waals surface area contributed by atoms with Gasteiger partial charge in [-0.3, -0.25) is 4.90 Å². The smallest absolute Gasteiger partial charge is 0.228 e. The normalized spacial score (nSPS) is 19.2. The van der Waals surface area contributed by atoms with Gasteiger partial charge in [0.25, 0.3) is 0 Å². The topological polar surface area (TPSA) is 38.5 Å². The monoisotopic (exact) mass is 334 g/mol. The average Bonchev–Trinajstić information content (AvgIpc) is 2.89. The third-order valence-electron chi connectivity index (χ3n) is 4.38. The maximum Gasteiger partial charge on any atom is 0.228 e. The Hall–Kier alpha value is -1.36. The SMILES string of the molecule is COCC1CCCN(Cc2nc(-c3ccccc3Cl)oc2C)C1. The van der Waals surface area contributed by atoms with Gasteiger partial charge < -0.3 is 9.15 Å². The Kier molecular flexibility index (Phi) is 5.36. The summed E-state index contributed by atoms with van der Waals surface area (Å²) in [6.45, 7) is 5.79. The first-order valence-electron chi connectivity index (χ1n) is 8.10. The standard InChI is InChI=1S/C18H23ClN2O2/c1-13-17(11-21-9-5-6-14(10-21)12-22-2)20-18(23-13)15-7-3-4-8-16(15)19/h3-4,7-8,14H,5-6,9-12H2,1-2H3. The number of hydrogen-bond donors (Lipinski definition) is 0. The third-order valence-corrected chi connectivity index (χ3v) is 4.71. The molecule has 23 heavy (non-hydrogen) atoms. The van der Waals surface area contributed by atoms with E-state index in [0.29, 0.717) is 16.8 Å². The predicted octanol–water partition coefficient (Wildman–Crippen LogP) is 4.16. The molecule has 0 saturated carbocycles. The molecule has 0 radical (unpaired) electrons. The zero-order valence-corrected chi connectivity index (χ0v) is 14.5. The number of nitrogens with zero attached hydrogens (tertiary/aromatic N) is 2. The summed E-state index contributed by atoms with van der Waals surface area (Å²) in [5.74, 6) is 2.09. The number of rotatable bonds is 5. The Morgan fingerprint density at radius 3 is 3.00 bits per heavy atom. The average molecular weight is 335 g/mol. The lowest BCUT2D eigenvalue weighted by Crippen LogP contribution is -2.36. The Morgan fingerprint density at radius 2 is 2.22 bits per heavy atom. The predicted molar refractivity (Wildman–Crippen MR) is 91.6 cm³/mol. The van der Waals surface area contributed by atoms with Crippen molar-refractivity contribution >= 4 is 11.6 Å². The van der Waals surface area contributed by atoms with Crippen LogP contribution < -0.4 is 0 Å². The summed E-state index contributed by atoms with van der Waals surface area (Å²) in [5, 5.41) is 0.665. The fourth-order valence-corrected chi connectivity index (χ4v) is 3.42. The van der Waals surface area contributed by atoms with E-state index in [1.54, 1.807) is 7.11 Å². The minimum absolute atomic E-state index is 0.605. The molecule has 0 bridgehead atoms. The fraction of sp³-hybridized carbons (Fsp3) is 0.500. The van der Waals surface area contributed by atoms with Crippen LogP contribution in [0, 0.1) is 12.8 Å². The largest absolute Gasteiger partial charge is 0.441 e. The molecule has 5 heteroatoms. The number of hydrogen-bond acceptors (Lipinski definition) is 4. The van der Waals surface area contributed by atoms with E-state index in [2.05, 4.69) is 9.88 Å². The Bertz CT molecular complexity index is 654. The van der Waals surface area contributed by atoms with Crippen LogP contribution in [0.1, 0.15) is 24.3 Å². The van der Waals surface area contributed by atoms with Crippen LogP contribution >= 0.6 is 11.6 Å². The van der Waals surface area contributed by atoms with Gasteiger partial charge in [-0.2, -0.15) is 0 Å². The second-order valence-electron chi connectivity index (χ2n) is 6.20. The number of oxazole rings is 1. The molecule has 1 aliphatic rings. The van der Waals surface area contributed by atoms with Crippen LogP contribution in [0.2, 0.25) is 5.02 Å². The minimum Gasteiger partial charge on any atom is -0.441 e. The van der Waals surface area contributed by atoms with Crippen molar-refractivity contribution in [3.05, 3.63) is 40.7 Å². The van der Waals surface area contributed by atoms with Crippen molar-refractivity contribution in [3.63, 3.8) is 0 Å². The number of aromatic nitrogens is 1. The molecule has 2 heterocycles. The highest BCUT2D eigenvalue weighted by Gasteiger charge is 2.22. The maximum absolute atomic E-state index is 6.24. The van der Waals surface area contributed by atoms with E-state index < -0.39 is 0 Å². The number of halogens is 1. The Labute approximate surface area is 142 Å². The van der Waals surface area contributed by atoms with E-state index >= 15 is 0 Å². The van der Waals surface area contributed by atoms with Crippen LogP contribution in [0.5, 0.6) is 0 Å². The first kappa shape index (κ1) is 16.5. The molecular formula is C18H23ClN2O2. The molecule has 0 spiro atoms. The van der Waals surface area contributed by atoms with E-state index in [-0.39, 0.29) is 0 Å². The zero-order chi connectivity index (χ0) is 16.2. The van der Waals surface area contributed by atoms with Gasteiger partial charge in [-0.25, -0.2) is 4.98 Å². The second kappa shape index (κ2) is 7.47.